The lowest BCUT2D eigenvalue weighted by atomic mass is 10.2. The van der Waals surface area contributed by atoms with Crippen LogP contribution in [0.1, 0.15) is 5.56 Å². The molecule has 0 amide bonds. The van der Waals surface area contributed by atoms with E-state index in [4.69, 9.17) is 9.84 Å². The number of benzene rings is 1. The highest BCUT2D eigenvalue weighted by atomic mass is 19.1. The van der Waals surface area contributed by atoms with Gasteiger partial charge in [-0.2, -0.15) is 0 Å². The van der Waals surface area contributed by atoms with Crippen LogP contribution in [0.5, 0.6) is 5.75 Å². The first-order valence-corrected chi connectivity index (χ1v) is 3.89. The highest BCUT2D eigenvalue weighted by Crippen LogP contribution is 2.16. The molecule has 70 valence electrons. The van der Waals surface area contributed by atoms with E-state index in [2.05, 4.69) is 0 Å². The zero-order valence-electron chi connectivity index (χ0n) is 7.33. The van der Waals surface area contributed by atoms with E-state index in [1.807, 2.05) is 0 Å². The van der Waals surface area contributed by atoms with Crippen LogP contribution in [0.25, 0.3) is 6.08 Å². The smallest absolute Gasteiger partial charge is 0.134 e. The Bertz CT molecular complexity index is 308. The van der Waals surface area contributed by atoms with Crippen LogP contribution in [-0.4, -0.2) is 18.8 Å². The summed E-state index contributed by atoms with van der Waals surface area (Å²) in [5.41, 5.74) is 0.440. The summed E-state index contributed by atoms with van der Waals surface area (Å²) in [6.07, 6.45) is 3.00. The van der Waals surface area contributed by atoms with Gasteiger partial charge in [0.05, 0.1) is 13.7 Å². The molecule has 13 heavy (non-hydrogen) atoms. The van der Waals surface area contributed by atoms with Gasteiger partial charge in [-0.3, -0.25) is 0 Å². The molecular formula is C10H11FO2. The Morgan fingerprint density at radius 1 is 1.54 bits per heavy atom. The average molecular weight is 182 g/mol. The number of aliphatic hydroxyl groups is 1. The number of halogens is 1. The molecular weight excluding hydrogens is 171 g/mol. The number of hydrogen-bond donors (Lipinski definition) is 1. The third kappa shape index (κ3) is 2.56. The van der Waals surface area contributed by atoms with E-state index in [0.29, 0.717) is 11.3 Å². The van der Waals surface area contributed by atoms with Gasteiger partial charge in [-0.15, -0.1) is 0 Å². The molecule has 0 aliphatic carbocycles. The summed E-state index contributed by atoms with van der Waals surface area (Å²) in [5.74, 6) is 0.127. The van der Waals surface area contributed by atoms with Crippen molar-refractivity contribution >= 4 is 6.08 Å². The van der Waals surface area contributed by atoms with Gasteiger partial charge in [-0.25, -0.2) is 4.39 Å². The zero-order valence-corrected chi connectivity index (χ0v) is 7.33. The van der Waals surface area contributed by atoms with Gasteiger partial charge in [0, 0.05) is 11.6 Å². The summed E-state index contributed by atoms with van der Waals surface area (Å²) in [5, 5.41) is 8.49. The Kier molecular flexibility index (Phi) is 3.46. The summed E-state index contributed by atoms with van der Waals surface area (Å²) in [6, 6.07) is 4.57. The van der Waals surface area contributed by atoms with Crippen molar-refractivity contribution in [3.05, 3.63) is 35.7 Å². The molecule has 0 radical (unpaired) electrons. The minimum absolute atomic E-state index is 0.0918. The lowest BCUT2D eigenvalue weighted by Crippen LogP contribution is -1.87. The second kappa shape index (κ2) is 4.62. The molecule has 0 aliphatic heterocycles. The van der Waals surface area contributed by atoms with Gasteiger partial charge in [0.2, 0.25) is 0 Å². The number of rotatable bonds is 3. The predicted octanol–water partition coefficient (Wildman–Crippen LogP) is 1.84. The highest BCUT2D eigenvalue weighted by Gasteiger charge is 1.99. The van der Waals surface area contributed by atoms with Crippen molar-refractivity contribution in [3.63, 3.8) is 0 Å². The standard InChI is InChI=1S/C10H11FO2/c1-13-9-5-4-8(3-2-6-12)10(11)7-9/h2-5,7,12H,6H2,1H3. The fourth-order valence-electron chi connectivity index (χ4n) is 0.950. The molecule has 0 fully saturated rings. The molecule has 0 aliphatic rings. The maximum atomic E-state index is 13.1. The number of methoxy groups -OCH3 is 1. The first kappa shape index (κ1) is 9.74. The quantitative estimate of drug-likeness (QED) is 0.772. The summed E-state index contributed by atoms with van der Waals surface area (Å²) in [7, 11) is 1.48. The first-order chi connectivity index (χ1) is 6.27. The number of hydrogen-bond acceptors (Lipinski definition) is 2. The van der Waals surface area contributed by atoms with Crippen LogP contribution in [-0.2, 0) is 0 Å². The molecule has 0 atom stereocenters. The van der Waals surface area contributed by atoms with E-state index < -0.39 is 0 Å². The van der Waals surface area contributed by atoms with Crippen molar-refractivity contribution in [3.8, 4) is 5.75 Å². The van der Waals surface area contributed by atoms with Gasteiger partial charge in [-0.05, 0) is 12.1 Å². The number of ether oxygens (including phenoxy) is 1. The van der Waals surface area contributed by atoms with Gasteiger partial charge < -0.3 is 9.84 Å². The third-order valence-electron chi connectivity index (χ3n) is 1.61. The third-order valence-corrected chi connectivity index (χ3v) is 1.61. The Morgan fingerprint density at radius 2 is 2.31 bits per heavy atom. The Morgan fingerprint density at radius 3 is 2.85 bits per heavy atom. The van der Waals surface area contributed by atoms with Gasteiger partial charge in [0.15, 0.2) is 0 Å². The number of aliphatic hydroxyl groups excluding tert-OH is 1. The molecule has 0 unspecified atom stereocenters. The van der Waals surface area contributed by atoms with Crippen molar-refractivity contribution in [1.29, 1.82) is 0 Å². The maximum absolute atomic E-state index is 13.1. The Balaban J connectivity index is 2.91. The molecule has 0 aromatic heterocycles. The summed E-state index contributed by atoms with van der Waals surface area (Å²) in [6.45, 7) is -0.0918. The van der Waals surface area contributed by atoms with Crippen LogP contribution in [0.3, 0.4) is 0 Å². The molecule has 1 rings (SSSR count). The Hall–Kier alpha value is -1.35. The molecule has 0 saturated carbocycles. The largest absolute Gasteiger partial charge is 0.497 e. The molecule has 1 aromatic rings. The monoisotopic (exact) mass is 182 g/mol. The van der Waals surface area contributed by atoms with Gasteiger partial charge in [-0.1, -0.05) is 12.2 Å². The van der Waals surface area contributed by atoms with Gasteiger partial charge in [0.25, 0.3) is 0 Å². The van der Waals surface area contributed by atoms with E-state index in [1.165, 1.54) is 25.3 Å². The molecule has 0 spiro atoms. The SMILES string of the molecule is COc1ccc(C=CCO)c(F)c1. The molecule has 0 saturated heterocycles. The zero-order chi connectivity index (χ0) is 9.68. The van der Waals surface area contributed by atoms with Crippen molar-refractivity contribution < 1.29 is 14.2 Å². The first-order valence-electron chi connectivity index (χ1n) is 3.89. The normalized spacial score (nSPS) is 10.7. The van der Waals surface area contributed by atoms with Gasteiger partial charge >= 0.3 is 0 Å². The molecule has 1 aromatic carbocycles. The minimum atomic E-state index is -0.357. The molecule has 2 nitrogen and oxygen atoms in total. The van der Waals surface area contributed by atoms with Crippen molar-refractivity contribution in [2.75, 3.05) is 13.7 Å². The lowest BCUT2D eigenvalue weighted by Gasteiger charge is -2.01. The second-order valence-electron chi connectivity index (χ2n) is 2.47. The Labute approximate surface area is 76.3 Å². The summed E-state index contributed by atoms with van der Waals surface area (Å²) >= 11 is 0. The average Bonchev–Trinajstić information content (AvgIpc) is 2.16. The van der Waals surface area contributed by atoms with Crippen LogP contribution < -0.4 is 4.74 Å². The minimum Gasteiger partial charge on any atom is -0.497 e. The summed E-state index contributed by atoms with van der Waals surface area (Å²) in [4.78, 5) is 0. The van der Waals surface area contributed by atoms with E-state index in [0.717, 1.165) is 0 Å². The fraction of sp³-hybridized carbons (Fsp3) is 0.200. The molecule has 1 N–H and O–H groups in total. The van der Waals surface area contributed by atoms with E-state index in [9.17, 15) is 4.39 Å². The van der Waals surface area contributed by atoms with Crippen LogP contribution in [0, 0.1) is 5.82 Å². The van der Waals surface area contributed by atoms with Crippen LogP contribution in [0.15, 0.2) is 24.3 Å². The lowest BCUT2D eigenvalue weighted by molar-refractivity contribution is 0.343. The summed E-state index contributed by atoms with van der Waals surface area (Å²) < 4.78 is 18.0. The van der Waals surface area contributed by atoms with Crippen molar-refractivity contribution in [2.24, 2.45) is 0 Å². The van der Waals surface area contributed by atoms with E-state index >= 15 is 0 Å². The van der Waals surface area contributed by atoms with E-state index in [1.54, 1.807) is 12.1 Å². The van der Waals surface area contributed by atoms with Crippen LogP contribution in [0.4, 0.5) is 4.39 Å². The van der Waals surface area contributed by atoms with Crippen molar-refractivity contribution in [1.82, 2.24) is 0 Å². The van der Waals surface area contributed by atoms with Gasteiger partial charge in [0.1, 0.15) is 11.6 Å². The maximum Gasteiger partial charge on any atom is 0.134 e. The van der Waals surface area contributed by atoms with E-state index in [-0.39, 0.29) is 12.4 Å². The fourth-order valence-corrected chi connectivity index (χ4v) is 0.950. The highest BCUT2D eigenvalue weighted by molar-refractivity contribution is 5.51. The second-order valence-corrected chi connectivity index (χ2v) is 2.47. The molecule has 0 bridgehead atoms. The van der Waals surface area contributed by atoms with Crippen molar-refractivity contribution in [2.45, 2.75) is 0 Å². The molecule has 3 heteroatoms. The predicted molar refractivity (Wildman–Crippen MR) is 49.1 cm³/mol. The molecule has 0 heterocycles. The van der Waals surface area contributed by atoms with Crippen LogP contribution in [0.2, 0.25) is 0 Å². The van der Waals surface area contributed by atoms with Crippen LogP contribution >= 0.6 is 0 Å². The topological polar surface area (TPSA) is 29.5 Å².